The number of hydrogen-bond acceptors (Lipinski definition) is 4. The molecule has 114 valence electrons. The SMILES string of the molecule is Cc1cc(C)c(C)c(SCc2cc(=O)n3ccsc3n2)c1C. The van der Waals surface area contributed by atoms with Crippen LogP contribution in [-0.4, -0.2) is 9.38 Å². The van der Waals surface area contributed by atoms with Crippen molar-refractivity contribution in [3.8, 4) is 0 Å². The van der Waals surface area contributed by atoms with Gasteiger partial charge >= 0.3 is 0 Å². The van der Waals surface area contributed by atoms with Crippen molar-refractivity contribution in [2.45, 2.75) is 38.3 Å². The van der Waals surface area contributed by atoms with E-state index in [1.807, 2.05) is 5.38 Å². The number of nitrogens with zero attached hydrogens (tertiary/aromatic N) is 2. The first kappa shape index (κ1) is 15.3. The summed E-state index contributed by atoms with van der Waals surface area (Å²) in [5, 5.41) is 1.89. The molecule has 0 amide bonds. The Morgan fingerprint density at radius 1 is 1.14 bits per heavy atom. The number of hydrogen-bond donors (Lipinski definition) is 0. The minimum Gasteiger partial charge on any atom is -0.269 e. The Balaban J connectivity index is 1.93. The summed E-state index contributed by atoms with van der Waals surface area (Å²) in [6, 6.07) is 3.87. The molecule has 0 saturated heterocycles. The smallest absolute Gasteiger partial charge is 0.258 e. The second-order valence-corrected chi connectivity index (χ2v) is 7.38. The van der Waals surface area contributed by atoms with Crippen molar-refractivity contribution >= 4 is 28.1 Å². The third-order valence-corrected chi connectivity index (χ3v) is 6.12. The Kier molecular flexibility index (Phi) is 4.10. The zero-order valence-electron chi connectivity index (χ0n) is 13.1. The summed E-state index contributed by atoms with van der Waals surface area (Å²) in [5.74, 6) is 0.716. The van der Waals surface area contributed by atoms with Gasteiger partial charge in [0.2, 0.25) is 0 Å². The van der Waals surface area contributed by atoms with Gasteiger partial charge in [0, 0.05) is 28.3 Å². The molecule has 3 rings (SSSR count). The second-order valence-electron chi connectivity index (χ2n) is 5.52. The summed E-state index contributed by atoms with van der Waals surface area (Å²) >= 11 is 3.26. The maximum atomic E-state index is 12.0. The van der Waals surface area contributed by atoms with E-state index in [2.05, 4.69) is 38.7 Å². The molecular formula is C17H18N2OS2. The van der Waals surface area contributed by atoms with Crippen LogP contribution in [0.3, 0.4) is 0 Å². The minimum absolute atomic E-state index is 0.00397. The zero-order chi connectivity index (χ0) is 15.9. The average Bonchev–Trinajstić information content (AvgIpc) is 2.94. The molecule has 1 aromatic carbocycles. The molecule has 5 heteroatoms. The number of rotatable bonds is 3. The maximum absolute atomic E-state index is 12.0. The van der Waals surface area contributed by atoms with Crippen molar-refractivity contribution in [1.29, 1.82) is 0 Å². The molecule has 22 heavy (non-hydrogen) atoms. The van der Waals surface area contributed by atoms with Crippen LogP contribution in [0.25, 0.3) is 4.96 Å². The van der Waals surface area contributed by atoms with Crippen molar-refractivity contribution in [3.05, 3.63) is 62.0 Å². The van der Waals surface area contributed by atoms with Gasteiger partial charge in [-0.05, 0) is 49.9 Å². The van der Waals surface area contributed by atoms with Crippen LogP contribution >= 0.6 is 23.1 Å². The molecule has 0 aliphatic carbocycles. The van der Waals surface area contributed by atoms with Crippen LogP contribution in [0.5, 0.6) is 0 Å². The fraction of sp³-hybridized carbons (Fsp3) is 0.294. The van der Waals surface area contributed by atoms with Gasteiger partial charge in [0.1, 0.15) is 0 Å². The molecule has 0 spiro atoms. The lowest BCUT2D eigenvalue weighted by Crippen LogP contribution is -2.12. The third-order valence-electron chi connectivity index (χ3n) is 4.02. The van der Waals surface area contributed by atoms with Crippen LogP contribution in [0.4, 0.5) is 0 Å². The topological polar surface area (TPSA) is 34.4 Å². The van der Waals surface area contributed by atoms with E-state index in [9.17, 15) is 4.79 Å². The Morgan fingerprint density at radius 2 is 1.82 bits per heavy atom. The van der Waals surface area contributed by atoms with E-state index in [0.29, 0.717) is 5.75 Å². The first-order valence-corrected chi connectivity index (χ1v) is 9.00. The van der Waals surface area contributed by atoms with Gasteiger partial charge in [-0.25, -0.2) is 4.98 Å². The molecule has 0 atom stereocenters. The summed E-state index contributed by atoms with van der Waals surface area (Å²) < 4.78 is 1.59. The Morgan fingerprint density at radius 3 is 2.50 bits per heavy atom. The molecule has 0 radical (unpaired) electrons. The number of aryl methyl sites for hydroxylation is 2. The van der Waals surface area contributed by atoms with Crippen LogP contribution in [0.15, 0.2) is 33.4 Å². The average molecular weight is 330 g/mol. The first-order chi connectivity index (χ1) is 10.5. The summed E-state index contributed by atoms with van der Waals surface area (Å²) in [6.45, 7) is 8.62. The lowest BCUT2D eigenvalue weighted by atomic mass is 10.0. The second kappa shape index (κ2) is 5.89. The number of benzene rings is 1. The highest BCUT2D eigenvalue weighted by Crippen LogP contribution is 2.32. The Hall–Kier alpha value is -1.59. The lowest BCUT2D eigenvalue weighted by Gasteiger charge is -2.14. The van der Waals surface area contributed by atoms with Crippen molar-refractivity contribution in [1.82, 2.24) is 9.38 Å². The van der Waals surface area contributed by atoms with Gasteiger partial charge in [-0.1, -0.05) is 6.07 Å². The normalized spacial score (nSPS) is 11.3. The van der Waals surface area contributed by atoms with Crippen molar-refractivity contribution in [3.63, 3.8) is 0 Å². The summed E-state index contributed by atoms with van der Waals surface area (Å²) in [6.07, 6.45) is 1.77. The minimum atomic E-state index is -0.00397. The van der Waals surface area contributed by atoms with E-state index in [0.717, 1.165) is 10.7 Å². The van der Waals surface area contributed by atoms with E-state index in [4.69, 9.17) is 0 Å². The van der Waals surface area contributed by atoms with Crippen LogP contribution in [-0.2, 0) is 5.75 Å². The van der Waals surface area contributed by atoms with Gasteiger partial charge in [-0.3, -0.25) is 9.20 Å². The molecule has 0 bridgehead atoms. The summed E-state index contributed by atoms with van der Waals surface area (Å²) in [7, 11) is 0. The molecule has 0 fully saturated rings. The molecule has 3 nitrogen and oxygen atoms in total. The van der Waals surface area contributed by atoms with Gasteiger partial charge in [0.05, 0.1) is 5.69 Å². The van der Waals surface area contributed by atoms with Crippen LogP contribution in [0, 0.1) is 27.7 Å². The van der Waals surface area contributed by atoms with Crippen molar-refractivity contribution in [2.24, 2.45) is 0 Å². The van der Waals surface area contributed by atoms with E-state index in [1.165, 1.54) is 38.5 Å². The predicted molar refractivity (Wildman–Crippen MR) is 94.3 cm³/mol. The number of fused-ring (bicyclic) bond motifs is 1. The highest BCUT2D eigenvalue weighted by Gasteiger charge is 2.10. The highest BCUT2D eigenvalue weighted by molar-refractivity contribution is 7.98. The molecule has 0 unspecified atom stereocenters. The molecule has 2 aromatic heterocycles. The van der Waals surface area contributed by atoms with Gasteiger partial charge < -0.3 is 0 Å². The fourth-order valence-corrected chi connectivity index (χ4v) is 4.44. The molecular weight excluding hydrogens is 312 g/mol. The number of thiazole rings is 1. The summed E-state index contributed by atoms with van der Waals surface area (Å²) in [4.78, 5) is 18.7. The monoisotopic (exact) mass is 330 g/mol. The van der Waals surface area contributed by atoms with Crippen LogP contribution < -0.4 is 5.56 Å². The van der Waals surface area contributed by atoms with Crippen LogP contribution in [0.1, 0.15) is 27.9 Å². The van der Waals surface area contributed by atoms with E-state index < -0.39 is 0 Å². The highest BCUT2D eigenvalue weighted by atomic mass is 32.2. The number of aromatic nitrogens is 2. The molecule has 3 aromatic rings. The lowest BCUT2D eigenvalue weighted by molar-refractivity contribution is 1.04. The Labute approximate surface area is 138 Å². The van der Waals surface area contributed by atoms with E-state index >= 15 is 0 Å². The predicted octanol–water partition coefficient (Wildman–Crippen LogP) is 4.28. The maximum Gasteiger partial charge on any atom is 0.258 e. The largest absolute Gasteiger partial charge is 0.269 e. The number of thioether (sulfide) groups is 1. The Bertz CT molecular complexity index is 883. The first-order valence-electron chi connectivity index (χ1n) is 7.13. The zero-order valence-corrected chi connectivity index (χ0v) is 14.8. The van der Waals surface area contributed by atoms with E-state index in [-0.39, 0.29) is 5.56 Å². The van der Waals surface area contributed by atoms with Gasteiger partial charge in [0.15, 0.2) is 4.96 Å². The standard InChI is InChI=1S/C17H18N2OS2/c1-10-7-11(2)13(4)16(12(10)3)22-9-14-8-15(20)19-5-6-21-17(19)18-14/h5-8H,9H2,1-4H3. The molecule has 2 heterocycles. The van der Waals surface area contributed by atoms with Gasteiger partial charge in [0.25, 0.3) is 5.56 Å². The van der Waals surface area contributed by atoms with Crippen molar-refractivity contribution in [2.75, 3.05) is 0 Å². The van der Waals surface area contributed by atoms with Crippen LogP contribution in [0.2, 0.25) is 0 Å². The molecule has 0 aliphatic heterocycles. The molecule has 0 aliphatic rings. The van der Waals surface area contributed by atoms with Gasteiger partial charge in [-0.2, -0.15) is 0 Å². The molecule has 0 saturated carbocycles. The summed E-state index contributed by atoms with van der Waals surface area (Å²) in [5.41, 5.74) is 6.11. The van der Waals surface area contributed by atoms with E-state index in [1.54, 1.807) is 28.4 Å². The quantitative estimate of drug-likeness (QED) is 0.672. The third kappa shape index (κ3) is 2.71. The molecule has 0 N–H and O–H groups in total. The van der Waals surface area contributed by atoms with Gasteiger partial charge in [-0.15, -0.1) is 23.1 Å². The van der Waals surface area contributed by atoms with Crippen molar-refractivity contribution < 1.29 is 0 Å². The fourth-order valence-electron chi connectivity index (χ4n) is 2.51.